The van der Waals surface area contributed by atoms with Gasteiger partial charge in [-0.3, -0.25) is 0 Å². The predicted octanol–water partition coefficient (Wildman–Crippen LogP) is 2.49. The highest BCUT2D eigenvalue weighted by Crippen LogP contribution is 2.24. The molecule has 0 unspecified atom stereocenters. The van der Waals surface area contributed by atoms with Gasteiger partial charge in [-0.25, -0.2) is 9.07 Å². The van der Waals surface area contributed by atoms with Crippen molar-refractivity contribution in [3.8, 4) is 0 Å². The molecule has 2 N–H and O–H groups in total. The fourth-order valence-corrected chi connectivity index (χ4v) is 2.41. The van der Waals surface area contributed by atoms with E-state index in [1.807, 2.05) is 0 Å². The minimum atomic E-state index is -0.393. The maximum Gasteiger partial charge on any atom is 0.161 e. The third-order valence-corrected chi connectivity index (χ3v) is 3.66. The molecule has 0 amide bonds. The lowest BCUT2D eigenvalue weighted by molar-refractivity contribution is 0.540. The van der Waals surface area contributed by atoms with Gasteiger partial charge < -0.3 is 5.73 Å². The first kappa shape index (κ1) is 13.8. The number of halogens is 1. The van der Waals surface area contributed by atoms with E-state index in [9.17, 15) is 4.39 Å². The largest absolute Gasteiger partial charge is 0.396 e. The number of aryl methyl sites for hydroxylation is 1. The molecule has 0 fully saturated rings. The first-order valence-electron chi connectivity index (χ1n) is 6.13. The smallest absolute Gasteiger partial charge is 0.161 e. The molecule has 0 aliphatic rings. The summed E-state index contributed by atoms with van der Waals surface area (Å²) in [6, 6.07) is 4.79. The highest BCUT2D eigenvalue weighted by atomic mass is 32.2. The molecule has 19 heavy (non-hydrogen) atoms. The van der Waals surface area contributed by atoms with Crippen molar-refractivity contribution in [1.29, 1.82) is 0 Å². The van der Waals surface area contributed by atoms with Crippen LogP contribution in [0.3, 0.4) is 0 Å². The van der Waals surface area contributed by atoms with Crippen molar-refractivity contribution in [2.24, 2.45) is 0 Å². The van der Waals surface area contributed by atoms with Crippen LogP contribution in [0.2, 0.25) is 0 Å². The number of nitrogen functional groups attached to an aromatic ring is 1. The molecule has 2 rings (SSSR count). The first-order valence-corrected chi connectivity index (χ1v) is 7.12. The molecule has 0 bridgehead atoms. The quantitative estimate of drug-likeness (QED) is 0.650. The molecule has 0 spiro atoms. The van der Waals surface area contributed by atoms with Crippen LogP contribution >= 0.6 is 11.8 Å². The van der Waals surface area contributed by atoms with E-state index in [0.29, 0.717) is 5.75 Å². The number of anilines is 1. The normalized spacial score (nSPS) is 10.8. The predicted molar refractivity (Wildman–Crippen MR) is 73.1 cm³/mol. The van der Waals surface area contributed by atoms with E-state index in [1.54, 1.807) is 16.8 Å². The third kappa shape index (κ3) is 3.66. The Kier molecular flexibility index (Phi) is 4.73. The Labute approximate surface area is 115 Å². The van der Waals surface area contributed by atoms with Crippen LogP contribution in [0.5, 0.6) is 0 Å². The Hall–Kier alpha value is -1.63. The van der Waals surface area contributed by atoms with Gasteiger partial charge in [0.1, 0.15) is 5.82 Å². The van der Waals surface area contributed by atoms with Crippen LogP contribution < -0.4 is 5.73 Å². The van der Waals surface area contributed by atoms with Gasteiger partial charge in [0.05, 0.1) is 11.4 Å². The van der Waals surface area contributed by atoms with E-state index < -0.39 is 5.82 Å². The lowest BCUT2D eigenvalue weighted by Gasteiger charge is -2.04. The van der Waals surface area contributed by atoms with Gasteiger partial charge in [-0.15, -0.1) is 16.9 Å². The molecule has 0 aliphatic heterocycles. The Morgan fingerprint density at radius 2 is 2.26 bits per heavy atom. The summed E-state index contributed by atoms with van der Waals surface area (Å²) in [5.74, 6) is 1.02. The zero-order chi connectivity index (χ0) is 13.7. The second kappa shape index (κ2) is 6.51. The Morgan fingerprint density at radius 3 is 3.00 bits per heavy atom. The maximum absolute atomic E-state index is 13.3. The molecule has 1 aromatic carbocycles. The Balaban J connectivity index is 1.98. The van der Waals surface area contributed by atoms with E-state index in [-0.39, 0.29) is 5.69 Å². The third-order valence-electron chi connectivity index (χ3n) is 2.67. The molecule has 0 saturated heterocycles. The number of nitrogens with two attached hydrogens (primary N) is 1. The van der Waals surface area contributed by atoms with Crippen LogP contribution in [0.15, 0.2) is 23.1 Å². The number of hydrogen-bond acceptors (Lipinski definition) is 5. The SMILES string of the molecule is CCCCn1nnnc1CSc1ccc(N)c(F)c1. The van der Waals surface area contributed by atoms with Gasteiger partial charge in [-0.05, 0) is 35.0 Å². The van der Waals surface area contributed by atoms with Crippen molar-refractivity contribution in [1.82, 2.24) is 20.2 Å². The van der Waals surface area contributed by atoms with Crippen molar-refractivity contribution in [3.63, 3.8) is 0 Å². The minimum absolute atomic E-state index is 0.164. The molecule has 102 valence electrons. The minimum Gasteiger partial charge on any atom is -0.396 e. The van der Waals surface area contributed by atoms with E-state index in [0.717, 1.165) is 30.1 Å². The zero-order valence-electron chi connectivity index (χ0n) is 10.7. The lowest BCUT2D eigenvalue weighted by atomic mass is 10.3. The maximum atomic E-state index is 13.3. The van der Waals surface area contributed by atoms with Gasteiger partial charge in [0.15, 0.2) is 5.82 Å². The summed E-state index contributed by atoms with van der Waals surface area (Å²) in [6.07, 6.45) is 2.13. The summed E-state index contributed by atoms with van der Waals surface area (Å²) in [4.78, 5) is 0.816. The number of aromatic nitrogens is 4. The van der Waals surface area contributed by atoms with E-state index in [2.05, 4.69) is 22.4 Å². The second-order valence-electron chi connectivity index (χ2n) is 4.14. The number of tetrazole rings is 1. The van der Waals surface area contributed by atoms with Gasteiger partial charge in [0, 0.05) is 11.4 Å². The summed E-state index contributed by atoms with van der Waals surface area (Å²) in [7, 11) is 0. The number of hydrogen-bond donors (Lipinski definition) is 1. The molecule has 1 aromatic heterocycles. The highest BCUT2D eigenvalue weighted by Gasteiger charge is 2.07. The molecule has 1 heterocycles. The van der Waals surface area contributed by atoms with Crippen LogP contribution in [0, 0.1) is 5.82 Å². The average Bonchev–Trinajstić information content (AvgIpc) is 2.85. The number of rotatable bonds is 6. The monoisotopic (exact) mass is 281 g/mol. The summed E-state index contributed by atoms with van der Waals surface area (Å²) in [6.45, 7) is 2.94. The van der Waals surface area contributed by atoms with Crippen molar-refractivity contribution in [3.05, 3.63) is 29.8 Å². The second-order valence-corrected chi connectivity index (χ2v) is 5.19. The van der Waals surface area contributed by atoms with Crippen molar-refractivity contribution < 1.29 is 4.39 Å². The Morgan fingerprint density at radius 1 is 1.42 bits per heavy atom. The number of thioether (sulfide) groups is 1. The van der Waals surface area contributed by atoms with Crippen molar-refractivity contribution >= 4 is 17.4 Å². The topological polar surface area (TPSA) is 69.6 Å². The molecule has 2 aromatic rings. The fourth-order valence-electron chi connectivity index (χ4n) is 1.55. The van der Waals surface area contributed by atoms with Gasteiger partial charge in [0.2, 0.25) is 0 Å². The van der Waals surface area contributed by atoms with Crippen molar-refractivity contribution in [2.75, 3.05) is 5.73 Å². The molecule has 0 radical (unpaired) electrons. The van der Waals surface area contributed by atoms with Gasteiger partial charge in [-0.2, -0.15) is 0 Å². The van der Waals surface area contributed by atoms with Crippen LogP contribution in [0.1, 0.15) is 25.6 Å². The molecule has 5 nitrogen and oxygen atoms in total. The standard InChI is InChI=1S/C12H16FN5S/c1-2-3-6-18-12(15-16-17-18)8-19-9-4-5-11(14)10(13)7-9/h4-5,7H,2-3,6,8,14H2,1H3. The van der Waals surface area contributed by atoms with Crippen molar-refractivity contribution in [2.45, 2.75) is 37.0 Å². The van der Waals surface area contributed by atoms with Crippen LogP contribution in [0.4, 0.5) is 10.1 Å². The molecule has 0 atom stereocenters. The van der Waals surface area contributed by atoms with Crippen LogP contribution in [-0.2, 0) is 12.3 Å². The summed E-state index contributed by atoms with van der Waals surface area (Å²) in [5, 5.41) is 11.6. The van der Waals surface area contributed by atoms with E-state index >= 15 is 0 Å². The van der Waals surface area contributed by atoms with E-state index in [1.165, 1.54) is 17.8 Å². The highest BCUT2D eigenvalue weighted by molar-refractivity contribution is 7.98. The number of unbranched alkanes of at least 4 members (excludes halogenated alkanes) is 1. The van der Waals surface area contributed by atoms with Gasteiger partial charge in [-0.1, -0.05) is 13.3 Å². The van der Waals surface area contributed by atoms with Gasteiger partial charge >= 0.3 is 0 Å². The fraction of sp³-hybridized carbons (Fsp3) is 0.417. The van der Waals surface area contributed by atoms with E-state index in [4.69, 9.17) is 5.73 Å². The number of benzene rings is 1. The first-order chi connectivity index (χ1) is 9.20. The summed E-state index contributed by atoms with van der Waals surface area (Å²) in [5.41, 5.74) is 5.60. The lowest BCUT2D eigenvalue weighted by Crippen LogP contribution is -2.05. The molecule has 0 aliphatic carbocycles. The van der Waals surface area contributed by atoms with Crippen LogP contribution in [0.25, 0.3) is 0 Å². The summed E-state index contributed by atoms with van der Waals surface area (Å²) < 4.78 is 15.1. The molecule has 0 saturated carbocycles. The van der Waals surface area contributed by atoms with Gasteiger partial charge in [0.25, 0.3) is 0 Å². The van der Waals surface area contributed by atoms with Crippen LogP contribution in [-0.4, -0.2) is 20.2 Å². The molecule has 7 heteroatoms. The molecular weight excluding hydrogens is 265 g/mol. The zero-order valence-corrected chi connectivity index (χ0v) is 11.5. The average molecular weight is 281 g/mol. The summed E-state index contributed by atoms with van der Waals surface area (Å²) >= 11 is 1.49. The number of nitrogens with zero attached hydrogens (tertiary/aromatic N) is 4. The molecular formula is C12H16FN5S. The Bertz CT molecular complexity index is 543.